The van der Waals surface area contributed by atoms with E-state index in [1.54, 1.807) is 0 Å². The number of hydrogen-bond acceptors (Lipinski definition) is 4. The lowest BCUT2D eigenvalue weighted by Crippen LogP contribution is -2.23. The molecule has 2 aromatic carbocycles. The van der Waals surface area contributed by atoms with E-state index in [2.05, 4.69) is 11.4 Å². The van der Waals surface area contributed by atoms with Gasteiger partial charge in [-0.05, 0) is 49.1 Å². The normalized spacial score (nSPS) is 12.0. The van der Waals surface area contributed by atoms with Gasteiger partial charge in [0.1, 0.15) is 37.3 Å². The van der Waals surface area contributed by atoms with Crippen LogP contribution in [0.3, 0.4) is 0 Å². The second-order valence-electron chi connectivity index (χ2n) is 6.59. The van der Waals surface area contributed by atoms with Crippen LogP contribution in [0.1, 0.15) is 38.1 Å². The van der Waals surface area contributed by atoms with Crippen molar-refractivity contribution < 1.29 is 18.7 Å². The second-order valence-corrected chi connectivity index (χ2v) is 6.59. The quantitative estimate of drug-likeness (QED) is 0.654. The molecule has 0 saturated heterocycles. The summed E-state index contributed by atoms with van der Waals surface area (Å²) in [6, 6.07) is 13.6. The number of carbonyl (C=O) groups is 1. The van der Waals surface area contributed by atoms with Gasteiger partial charge >= 0.3 is 0 Å². The minimum atomic E-state index is -0.175. The predicted molar refractivity (Wildman–Crippen MR) is 109 cm³/mol. The molecule has 1 N–H and O–H groups in total. The van der Waals surface area contributed by atoms with E-state index in [4.69, 9.17) is 13.9 Å². The molecule has 0 radical (unpaired) electrons. The van der Waals surface area contributed by atoms with Crippen molar-refractivity contribution >= 4 is 30.2 Å². The number of fused-ring (bicyclic) bond motifs is 1. The van der Waals surface area contributed by atoms with Crippen LogP contribution >= 0.6 is 0 Å². The number of rotatable bonds is 7. The van der Waals surface area contributed by atoms with Crippen LogP contribution in [-0.4, -0.2) is 20.4 Å². The van der Waals surface area contributed by atoms with E-state index in [0.29, 0.717) is 13.2 Å². The van der Waals surface area contributed by atoms with Crippen LogP contribution in [-0.2, 0) is 11.4 Å². The van der Waals surface area contributed by atoms with E-state index in [1.807, 2.05) is 58.1 Å². The molecule has 140 valence electrons. The topological polar surface area (TPSA) is 60.7 Å². The van der Waals surface area contributed by atoms with Gasteiger partial charge in [0.15, 0.2) is 0 Å². The number of nitrogens with one attached hydrogen (secondary N) is 1. The van der Waals surface area contributed by atoms with Crippen LogP contribution in [0, 0.1) is 0 Å². The van der Waals surface area contributed by atoms with Crippen LogP contribution in [0.2, 0.25) is 0 Å². The highest BCUT2D eigenvalue weighted by Gasteiger charge is 2.13. The Kier molecular flexibility index (Phi) is 5.74. The van der Waals surface area contributed by atoms with E-state index < -0.39 is 0 Å². The highest BCUT2D eigenvalue weighted by atomic mass is 16.5. The average Bonchev–Trinajstić information content (AvgIpc) is 3.05. The van der Waals surface area contributed by atoms with Crippen LogP contribution in [0.4, 0.5) is 0 Å². The Hall–Kier alpha value is -2.89. The molecule has 0 saturated carbocycles. The smallest absolute Gasteiger partial charge is 0.217 e. The maximum Gasteiger partial charge on any atom is 0.217 e. The maximum absolute atomic E-state index is 11.2. The Morgan fingerprint density at radius 1 is 1.19 bits per heavy atom. The maximum atomic E-state index is 11.2. The van der Waals surface area contributed by atoms with Gasteiger partial charge in [-0.1, -0.05) is 12.1 Å². The Morgan fingerprint density at radius 3 is 2.70 bits per heavy atom. The first-order valence-corrected chi connectivity index (χ1v) is 9.12. The Balaban J connectivity index is 1.70. The molecule has 0 spiro atoms. The zero-order valence-corrected chi connectivity index (χ0v) is 16.2. The highest BCUT2D eigenvalue weighted by molar-refractivity contribution is 6.34. The number of furan rings is 1. The number of amides is 1. The molecule has 1 heterocycles. The first-order valence-electron chi connectivity index (χ1n) is 9.12. The lowest BCUT2D eigenvalue weighted by Gasteiger charge is -2.10. The molecule has 0 aliphatic rings. The van der Waals surface area contributed by atoms with Crippen molar-refractivity contribution in [3.8, 4) is 11.5 Å². The van der Waals surface area contributed by atoms with E-state index in [-0.39, 0.29) is 11.9 Å². The van der Waals surface area contributed by atoms with E-state index in [9.17, 15) is 4.79 Å². The summed E-state index contributed by atoms with van der Waals surface area (Å²) in [5, 5.41) is 3.80. The minimum absolute atomic E-state index is 0.0855. The molecule has 1 atom stereocenters. The van der Waals surface area contributed by atoms with Gasteiger partial charge in [-0.25, -0.2) is 0 Å². The fraction of sp³-hybridized carbons (Fsp3) is 0.286. The summed E-state index contributed by atoms with van der Waals surface area (Å²) in [5.74, 6) is 2.28. The zero-order valence-electron chi connectivity index (χ0n) is 16.2. The molecule has 0 bridgehead atoms. The van der Waals surface area contributed by atoms with Crippen molar-refractivity contribution in [2.24, 2.45) is 0 Å². The van der Waals surface area contributed by atoms with Crippen molar-refractivity contribution in [3.05, 3.63) is 53.8 Å². The third-order valence-electron chi connectivity index (χ3n) is 4.30. The van der Waals surface area contributed by atoms with Crippen LogP contribution in [0.15, 0.2) is 46.9 Å². The fourth-order valence-electron chi connectivity index (χ4n) is 3.00. The monoisotopic (exact) mass is 365 g/mol. The van der Waals surface area contributed by atoms with Crippen molar-refractivity contribution in [3.63, 3.8) is 0 Å². The van der Waals surface area contributed by atoms with Gasteiger partial charge in [-0.2, -0.15) is 0 Å². The molecule has 0 aliphatic heterocycles. The molecular weight excluding hydrogens is 341 g/mol. The van der Waals surface area contributed by atoms with Gasteiger partial charge in [0.25, 0.3) is 0 Å². The summed E-state index contributed by atoms with van der Waals surface area (Å²) in [7, 11) is 2.03. The Bertz CT molecular complexity index is 951. The third kappa shape index (κ3) is 4.64. The van der Waals surface area contributed by atoms with Gasteiger partial charge in [0, 0.05) is 18.4 Å². The molecule has 6 heteroatoms. The van der Waals surface area contributed by atoms with Gasteiger partial charge in [0.05, 0.1) is 12.6 Å². The van der Waals surface area contributed by atoms with Crippen molar-refractivity contribution in [2.45, 2.75) is 33.4 Å². The molecule has 27 heavy (non-hydrogen) atoms. The fourth-order valence-corrected chi connectivity index (χ4v) is 3.00. The lowest BCUT2D eigenvalue weighted by atomic mass is 9.93. The summed E-state index contributed by atoms with van der Waals surface area (Å²) in [5.41, 5.74) is 2.91. The molecule has 1 unspecified atom stereocenters. The molecular formula is C21H24BNO4. The third-order valence-corrected chi connectivity index (χ3v) is 4.30. The Labute approximate surface area is 160 Å². The van der Waals surface area contributed by atoms with Crippen molar-refractivity contribution in [2.75, 3.05) is 6.61 Å². The predicted octanol–water partition coefficient (Wildman–Crippen LogP) is 2.87. The number of ether oxygens (including phenoxy) is 2. The SMILES string of the molecule is Bc1cc(COc2ccc3cc(C(C)NC(C)=O)oc3c2)ccc1OCC. The van der Waals surface area contributed by atoms with Crippen LogP contribution in [0.25, 0.3) is 11.0 Å². The molecule has 5 nitrogen and oxygen atoms in total. The zero-order chi connectivity index (χ0) is 19.4. The molecule has 3 rings (SSSR count). The van der Waals surface area contributed by atoms with Gasteiger partial charge in [-0.15, -0.1) is 0 Å². The van der Waals surface area contributed by atoms with Crippen molar-refractivity contribution in [1.29, 1.82) is 0 Å². The van der Waals surface area contributed by atoms with Gasteiger partial charge in [0.2, 0.25) is 5.91 Å². The minimum Gasteiger partial charge on any atom is -0.494 e. The van der Waals surface area contributed by atoms with Gasteiger partial charge < -0.3 is 19.2 Å². The number of benzene rings is 2. The molecule has 1 amide bonds. The highest BCUT2D eigenvalue weighted by Crippen LogP contribution is 2.27. The standard InChI is InChI=1S/C21H24BNO4/c1-4-25-19-8-5-15(9-18(19)22)12-26-17-7-6-16-10-20(27-21(16)11-17)13(2)23-14(3)24/h5-11,13H,4,12,22H2,1-3H3,(H,23,24). The first-order chi connectivity index (χ1) is 13.0. The largest absolute Gasteiger partial charge is 0.494 e. The molecule has 0 fully saturated rings. The number of carbonyl (C=O) groups excluding carboxylic acids is 1. The summed E-state index contributed by atoms with van der Waals surface area (Å²) < 4.78 is 17.4. The lowest BCUT2D eigenvalue weighted by molar-refractivity contribution is -0.119. The van der Waals surface area contributed by atoms with E-state index in [1.165, 1.54) is 6.92 Å². The van der Waals surface area contributed by atoms with Crippen molar-refractivity contribution in [1.82, 2.24) is 5.32 Å². The molecule has 3 aromatic rings. The summed E-state index contributed by atoms with van der Waals surface area (Å²) in [6.45, 7) is 6.49. The second kappa shape index (κ2) is 8.21. The Morgan fingerprint density at radius 2 is 2.00 bits per heavy atom. The summed E-state index contributed by atoms with van der Waals surface area (Å²) >= 11 is 0. The average molecular weight is 365 g/mol. The first kappa shape index (κ1) is 18.9. The van der Waals surface area contributed by atoms with Crippen LogP contribution < -0.4 is 20.3 Å². The van der Waals surface area contributed by atoms with Gasteiger partial charge in [-0.3, -0.25) is 4.79 Å². The summed E-state index contributed by atoms with van der Waals surface area (Å²) in [4.78, 5) is 11.2. The molecule has 1 aromatic heterocycles. The van der Waals surface area contributed by atoms with E-state index in [0.717, 1.165) is 39.3 Å². The van der Waals surface area contributed by atoms with Crippen LogP contribution in [0.5, 0.6) is 11.5 Å². The number of hydrogen-bond donors (Lipinski definition) is 1. The summed E-state index contributed by atoms with van der Waals surface area (Å²) in [6.07, 6.45) is 0. The molecule has 0 aliphatic carbocycles. The van der Waals surface area contributed by atoms with E-state index >= 15 is 0 Å².